The van der Waals surface area contributed by atoms with Crippen LogP contribution in [0.1, 0.15) is 22.3 Å². The topological polar surface area (TPSA) is 15.3 Å². The average molecular weight is 268 g/mol. The molecule has 0 radical (unpaired) electrons. The van der Waals surface area contributed by atoms with Crippen LogP contribution in [0.15, 0.2) is 36.4 Å². The fourth-order valence-corrected chi connectivity index (χ4v) is 2.30. The molecule has 0 saturated carbocycles. The number of hydrogen-bond acceptors (Lipinski definition) is 2. The first-order valence-electron chi connectivity index (χ1n) is 7.05. The molecular weight excluding hydrogens is 244 g/mol. The first kappa shape index (κ1) is 14.4. The summed E-state index contributed by atoms with van der Waals surface area (Å²) in [5, 5.41) is 3.52. The van der Waals surface area contributed by atoms with Gasteiger partial charge in [-0.3, -0.25) is 0 Å². The van der Waals surface area contributed by atoms with Crippen LogP contribution in [0, 0.1) is 20.8 Å². The highest BCUT2D eigenvalue weighted by molar-refractivity contribution is 5.57. The Bertz CT molecular complexity index is 600. The molecule has 0 amide bonds. The van der Waals surface area contributed by atoms with Gasteiger partial charge in [0, 0.05) is 32.0 Å². The second kappa shape index (κ2) is 6.00. The highest BCUT2D eigenvalue weighted by Gasteiger charge is 2.03. The van der Waals surface area contributed by atoms with Gasteiger partial charge in [-0.1, -0.05) is 18.2 Å². The van der Waals surface area contributed by atoms with Gasteiger partial charge in [-0.05, 0) is 61.2 Å². The van der Waals surface area contributed by atoms with Crippen molar-refractivity contribution in [2.24, 2.45) is 0 Å². The van der Waals surface area contributed by atoms with Crippen LogP contribution in [0.3, 0.4) is 0 Å². The van der Waals surface area contributed by atoms with E-state index in [9.17, 15) is 0 Å². The summed E-state index contributed by atoms with van der Waals surface area (Å²) >= 11 is 0. The molecule has 0 heterocycles. The van der Waals surface area contributed by atoms with Crippen molar-refractivity contribution in [3.63, 3.8) is 0 Å². The summed E-state index contributed by atoms with van der Waals surface area (Å²) in [7, 11) is 4.12. The van der Waals surface area contributed by atoms with E-state index in [1.807, 2.05) is 0 Å². The van der Waals surface area contributed by atoms with Gasteiger partial charge in [0.1, 0.15) is 0 Å². The first-order valence-corrected chi connectivity index (χ1v) is 7.05. The largest absolute Gasteiger partial charge is 0.381 e. The van der Waals surface area contributed by atoms with Crippen molar-refractivity contribution < 1.29 is 0 Å². The molecule has 0 aromatic heterocycles. The number of anilines is 2. The summed E-state index contributed by atoms with van der Waals surface area (Å²) < 4.78 is 0. The molecule has 0 aliphatic rings. The smallest absolute Gasteiger partial charge is 0.0403 e. The van der Waals surface area contributed by atoms with E-state index in [1.165, 1.54) is 27.9 Å². The standard InChI is InChI=1S/C18H24N2/c1-13-9-15(3)16(10-14(13)2)12-19-17-7-6-8-18(11-17)20(4)5/h6-11,19H,12H2,1-5H3. The molecule has 0 spiro atoms. The zero-order valence-corrected chi connectivity index (χ0v) is 13.1. The van der Waals surface area contributed by atoms with Crippen molar-refractivity contribution >= 4 is 11.4 Å². The number of aryl methyl sites for hydroxylation is 3. The van der Waals surface area contributed by atoms with Crippen molar-refractivity contribution in [1.29, 1.82) is 0 Å². The third-order valence-corrected chi connectivity index (χ3v) is 3.80. The van der Waals surface area contributed by atoms with Crippen molar-refractivity contribution in [1.82, 2.24) is 0 Å². The van der Waals surface area contributed by atoms with Crippen LogP contribution in [0.4, 0.5) is 11.4 Å². The minimum atomic E-state index is 0.865. The molecule has 106 valence electrons. The predicted molar refractivity (Wildman–Crippen MR) is 88.7 cm³/mol. The SMILES string of the molecule is Cc1cc(C)c(CNc2cccc(N(C)C)c2)cc1C. The fraction of sp³-hybridized carbons (Fsp3) is 0.333. The maximum atomic E-state index is 3.52. The Kier molecular flexibility index (Phi) is 4.33. The molecule has 0 saturated heterocycles. The van der Waals surface area contributed by atoms with E-state index in [0.29, 0.717) is 0 Å². The Morgan fingerprint density at radius 1 is 0.900 bits per heavy atom. The molecular formula is C18H24N2. The highest BCUT2D eigenvalue weighted by atomic mass is 15.1. The monoisotopic (exact) mass is 268 g/mol. The van der Waals surface area contributed by atoms with Crippen molar-refractivity contribution in [2.45, 2.75) is 27.3 Å². The van der Waals surface area contributed by atoms with Crippen molar-refractivity contribution in [3.8, 4) is 0 Å². The minimum Gasteiger partial charge on any atom is -0.381 e. The quantitative estimate of drug-likeness (QED) is 0.890. The number of hydrogen-bond donors (Lipinski definition) is 1. The minimum absolute atomic E-state index is 0.865. The molecule has 0 atom stereocenters. The lowest BCUT2D eigenvalue weighted by Gasteiger charge is -2.15. The average Bonchev–Trinajstić information content (AvgIpc) is 2.41. The van der Waals surface area contributed by atoms with Gasteiger partial charge in [0.05, 0.1) is 0 Å². The van der Waals surface area contributed by atoms with E-state index in [2.05, 4.69) is 81.5 Å². The zero-order valence-electron chi connectivity index (χ0n) is 13.1. The number of nitrogens with zero attached hydrogens (tertiary/aromatic N) is 1. The molecule has 0 aliphatic heterocycles. The molecule has 0 bridgehead atoms. The Labute approximate surface area is 122 Å². The van der Waals surface area contributed by atoms with Crippen LogP contribution < -0.4 is 10.2 Å². The summed E-state index contributed by atoms with van der Waals surface area (Å²) in [5.41, 5.74) is 7.81. The van der Waals surface area contributed by atoms with Crippen molar-refractivity contribution in [3.05, 3.63) is 58.7 Å². The first-order chi connectivity index (χ1) is 9.47. The van der Waals surface area contributed by atoms with Crippen LogP contribution in [-0.2, 0) is 6.54 Å². The molecule has 0 aliphatic carbocycles. The maximum absolute atomic E-state index is 3.52. The van der Waals surface area contributed by atoms with Gasteiger partial charge < -0.3 is 10.2 Å². The van der Waals surface area contributed by atoms with E-state index in [1.54, 1.807) is 0 Å². The molecule has 0 fully saturated rings. The van der Waals surface area contributed by atoms with Gasteiger partial charge in [-0.2, -0.15) is 0 Å². The normalized spacial score (nSPS) is 10.4. The number of benzene rings is 2. The lowest BCUT2D eigenvalue weighted by molar-refractivity contribution is 1.09. The molecule has 20 heavy (non-hydrogen) atoms. The van der Waals surface area contributed by atoms with Crippen molar-refractivity contribution in [2.75, 3.05) is 24.3 Å². The van der Waals surface area contributed by atoms with Gasteiger partial charge >= 0.3 is 0 Å². The Hall–Kier alpha value is -1.96. The van der Waals surface area contributed by atoms with E-state index in [4.69, 9.17) is 0 Å². The molecule has 2 heteroatoms. The Morgan fingerprint density at radius 2 is 1.60 bits per heavy atom. The van der Waals surface area contributed by atoms with E-state index < -0.39 is 0 Å². The molecule has 2 rings (SSSR count). The molecule has 2 aromatic rings. The second-order valence-electron chi connectivity index (χ2n) is 5.66. The second-order valence-corrected chi connectivity index (χ2v) is 5.66. The molecule has 1 N–H and O–H groups in total. The van der Waals surface area contributed by atoms with E-state index >= 15 is 0 Å². The molecule has 2 aromatic carbocycles. The van der Waals surface area contributed by atoms with Crippen LogP contribution >= 0.6 is 0 Å². The van der Waals surface area contributed by atoms with Crippen LogP contribution in [0.25, 0.3) is 0 Å². The van der Waals surface area contributed by atoms with Gasteiger partial charge in [0.15, 0.2) is 0 Å². The highest BCUT2D eigenvalue weighted by Crippen LogP contribution is 2.20. The van der Waals surface area contributed by atoms with Crippen LogP contribution in [0.2, 0.25) is 0 Å². The van der Waals surface area contributed by atoms with E-state index in [-0.39, 0.29) is 0 Å². The third kappa shape index (κ3) is 3.32. The van der Waals surface area contributed by atoms with Gasteiger partial charge in [-0.25, -0.2) is 0 Å². The summed E-state index contributed by atoms with van der Waals surface area (Å²) in [6, 6.07) is 13.0. The summed E-state index contributed by atoms with van der Waals surface area (Å²) in [5.74, 6) is 0. The van der Waals surface area contributed by atoms with Gasteiger partial charge in [0.25, 0.3) is 0 Å². The molecule has 2 nitrogen and oxygen atoms in total. The summed E-state index contributed by atoms with van der Waals surface area (Å²) in [6.45, 7) is 7.38. The lowest BCUT2D eigenvalue weighted by Crippen LogP contribution is -2.09. The summed E-state index contributed by atoms with van der Waals surface area (Å²) in [6.07, 6.45) is 0. The predicted octanol–water partition coefficient (Wildman–Crippen LogP) is 4.29. The zero-order chi connectivity index (χ0) is 14.7. The number of nitrogens with one attached hydrogen (secondary N) is 1. The lowest BCUT2D eigenvalue weighted by atomic mass is 10.0. The third-order valence-electron chi connectivity index (χ3n) is 3.80. The van der Waals surface area contributed by atoms with Crippen LogP contribution in [0.5, 0.6) is 0 Å². The summed E-state index contributed by atoms with van der Waals surface area (Å²) in [4.78, 5) is 2.12. The van der Waals surface area contributed by atoms with Gasteiger partial charge in [0.2, 0.25) is 0 Å². The van der Waals surface area contributed by atoms with E-state index in [0.717, 1.165) is 12.2 Å². The maximum Gasteiger partial charge on any atom is 0.0403 e. The molecule has 0 unspecified atom stereocenters. The Balaban J connectivity index is 2.13. The Morgan fingerprint density at radius 3 is 2.30 bits per heavy atom. The van der Waals surface area contributed by atoms with Gasteiger partial charge in [-0.15, -0.1) is 0 Å². The fourth-order valence-electron chi connectivity index (χ4n) is 2.30. The van der Waals surface area contributed by atoms with Crippen LogP contribution in [-0.4, -0.2) is 14.1 Å². The number of rotatable bonds is 4.